The average molecular weight is 213 g/mol. The molecule has 0 bridgehead atoms. The van der Waals surface area contributed by atoms with E-state index in [4.69, 9.17) is 9.84 Å². The van der Waals surface area contributed by atoms with Crippen molar-refractivity contribution in [3.8, 4) is 0 Å². The standard InChI is InChI=1S/C11H19NO3/c1-15-11(14)10(8-2-3-8)12(6-7-13)9-4-5-9/h8-10,13H,2-7H2,1H3. The van der Waals surface area contributed by atoms with Gasteiger partial charge >= 0.3 is 5.97 Å². The molecule has 0 amide bonds. The lowest BCUT2D eigenvalue weighted by atomic mass is 10.1. The van der Waals surface area contributed by atoms with Gasteiger partial charge < -0.3 is 9.84 Å². The van der Waals surface area contributed by atoms with E-state index in [0.29, 0.717) is 18.5 Å². The summed E-state index contributed by atoms with van der Waals surface area (Å²) in [6.45, 7) is 0.720. The third-order valence-corrected chi connectivity index (χ3v) is 3.24. The molecule has 2 aliphatic carbocycles. The van der Waals surface area contributed by atoms with E-state index in [0.717, 1.165) is 25.7 Å². The fourth-order valence-electron chi connectivity index (χ4n) is 2.20. The van der Waals surface area contributed by atoms with Gasteiger partial charge in [0, 0.05) is 12.6 Å². The Morgan fingerprint density at radius 3 is 2.53 bits per heavy atom. The molecule has 0 spiro atoms. The molecule has 2 rings (SSSR count). The van der Waals surface area contributed by atoms with Gasteiger partial charge in [-0.05, 0) is 31.6 Å². The van der Waals surface area contributed by atoms with Gasteiger partial charge in [-0.1, -0.05) is 0 Å². The van der Waals surface area contributed by atoms with Gasteiger partial charge in [-0.2, -0.15) is 0 Å². The van der Waals surface area contributed by atoms with Crippen LogP contribution in [0.4, 0.5) is 0 Å². The van der Waals surface area contributed by atoms with Crippen molar-refractivity contribution in [2.24, 2.45) is 5.92 Å². The quantitative estimate of drug-likeness (QED) is 0.649. The van der Waals surface area contributed by atoms with Crippen LogP contribution >= 0.6 is 0 Å². The molecule has 0 radical (unpaired) electrons. The second-order valence-electron chi connectivity index (χ2n) is 4.50. The maximum absolute atomic E-state index is 11.7. The molecule has 86 valence electrons. The Labute approximate surface area is 90.2 Å². The highest BCUT2D eigenvalue weighted by Gasteiger charge is 2.45. The number of ether oxygens (including phenoxy) is 1. The Kier molecular flexibility index (Phi) is 3.26. The number of carbonyl (C=O) groups excluding carboxylic acids is 1. The molecule has 0 aliphatic heterocycles. The van der Waals surface area contributed by atoms with E-state index in [1.807, 2.05) is 0 Å². The number of aliphatic hydroxyl groups excluding tert-OH is 1. The topological polar surface area (TPSA) is 49.8 Å². The first kappa shape index (κ1) is 10.9. The summed E-state index contributed by atoms with van der Waals surface area (Å²) in [7, 11) is 1.45. The number of carbonyl (C=O) groups is 1. The predicted molar refractivity (Wildman–Crippen MR) is 55.3 cm³/mol. The monoisotopic (exact) mass is 213 g/mol. The van der Waals surface area contributed by atoms with E-state index in [1.54, 1.807) is 0 Å². The molecule has 0 aromatic rings. The minimum absolute atomic E-state index is 0.102. The molecule has 0 saturated heterocycles. The van der Waals surface area contributed by atoms with Crippen LogP contribution in [-0.4, -0.2) is 48.3 Å². The summed E-state index contributed by atoms with van der Waals surface area (Å²) in [4.78, 5) is 13.8. The molecular formula is C11H19NO3. The molecule has 2 fully saturated rings. The van der Waals surface area contributed by atoms with Gasteiger partial charge in [-0.15, -0.1) is 0 Å². The molecule has 4 heteroatoms. The molecule has 2 saturated carbocycles. The molecule has 2 aliphatic rings. The average Bonchev–Trinajstić information content (AvgIpc) is 3.07. The number of methoxy groups -OCH3 is 1. The summed E-state index contributed by atoms with van der Waals surface area (Å²) >= 11 is 0. The van der Waals surface area contributed by atoms with Crippen LogP contribution in [0.1, 0.15) is 25.7 Å². The van der Waals surface area contributed by atoms with Crippen LogP contribution in [0.5, 0.6) is 0 Å². The van der Waals surface area contributed by atoms with Crippen LogP contribution in [0.25, 0.3) is 0 Å². The summed E-state index contributed by atoms with van der Waals surface area (Å²) in [5, 5.41) is 9.03. The van der Waals surface area contributed by atoms with Crippen molar-refractivity contribution in [1.82, 2.24) is 4.90 Å². The van der Waals surface area contributed by atoms with Crippen LogP contribution < -0.4 is 0 Å². The first-order valence-corrected chi connectivity index (χ1v) is 5.72. The van der Waals surface area contributed by atoms with Gasteiger partial charge in [0.05, 0.1) is 13.7 Å². The normalized spacial score (nSPS) is 22.9. The largest absolute Gasteiger partial charge is 0.468 e. The van der Waals surface area contributed by atoms with Gasteiger partial charge in [0.15, 0.2) is 0 Å². The number of esters is 1. The molecule has 0 aromatic carbocycles. The van der Waals surface area contributed by atoms with Gasteiger partial charge in [0.25, 0.3) is 0 Å². The van der Waals surface area contributed by atoms with Gasteiger partial charge in [0.1, 0.15) is 6.04 Å². The molecular weight excluding hydrogens is 194 g/mol. The SMILES string of the molecule is COC(=O)C(C1CC1)N(CCO)C1CC1. The van der Waals surface area contributed by atoms with E-state index in [1.165, 1.54) is 7.11 Å². The Bertz CT molecular complexity index is 236. The van der Waals surface area contributed by atoms with E-state index < -0.39 is 0 Å². The summed E-state index contributed by atoms with van der Waals surface area (Å²) in [6, 6.07) is 0.400. The molecule has 0 heterocycles. The molecule has 1 atom stereocenters. The minimum atomic E-state index is -0.127. The van der Waals surface area contributed by atoms with Gasteiger partial charge in [-0.25, -0.2) is 0 Å². The lowest BCUT2D eigenvalue weighted by Crippen LogP contribution is -2.46. The molecule has 1 unspecified atom stereocenters. The number of rotatable bonds is 6. The fraction of sp³-hybridized carbons (Fsp3) is 0.909. The Hall–Kier alpha value is -0.610. The highest BCUT2D eigenvalue weighted by Crippen LogP contribution is 2.40. The second kappa shape index (κ2) is 4.49. The molecule has 1 N–H and O–H groups in total. The summed E-state index contributed by atoms with van der Waals surface area (Å²) in [5.74, 6) is 0.336. The van der Waals surface area contributed by atoms with Crippen LogP contribution in [-0.2, 0) is 9.53 Å². The smallest absolute Gasteiger partial charge is 0.323 e. The zero-order valence-corrected chi connectivity index (χ0v) is 9.19. The minimum Gasteiger partial charge on any atom is -0.468 e. The number of aliphatic hydroxyl groups is 1. The summed E-state index contributed by atoms with van der Waals surface area (Å²) in [5.41, 5.74) is 0. The van der Waals surface area contributed by atoms with Crippen molar-refractivity contribution < 1.29 is 14.6 Å². The predicted octanol–water partition coefficient (Wildman–Crippen LogP) is 0.395. The van der Waals surface area contributed by atoms with Crippen LogP contribution in [0.3, 0.4) is 0 Å². The van der Waals surface area contributed by atoms with E-state index >= 15 is 0 Å². The maximum Gasteiger partial charge on any atom is 0.323 e. The zero-order chi connectivity index (χ0) is 10.8. The van der Waals surface area contributed by atoms with Crippen LogP contribution in [0, 0.1) is 5.92 Å². The molecule has 4 nitrogen and oxygen atoms in total. The third kappa shape index (κ3) is 2.49. The van der Waals surface area contributed by atoms with Crippen molar-refractivity contribution in [2.75, 3.05) is 20.3 Å². The first-order chi connectivity index (χ1) is 7.27. The number of hydrogen-bond acceptors (Lipinski definition) is 4. The lowest BCUT2D eigenvalue weighted by Gasteiger charge is -2.29. The van der Waals surface area contributed by atoms with Crippen LogP contribution in [0.2, 0.25) is 0 Å². The van der Waals surface area contributed by atoms with Gasteiger partial charge in [0.2, 0.25) is 0 Å². The maximum atomic E-state index is 11.7. The fourth-order valence-corrected chi connectivity index (χ4v) is 2.20. The van der Waals surface area contributed by atoms with Crippen molar-refractivity contribution in [3.05, 3.63) is 0 Å². The Morgan fingerprint density at radius 2 is 2.13 bits per heavy atom. The van der Waals surface area contributed by atoms with E-state index in [9.17, 15) is 4.79 Å². The first-order valence-electron chi connectivity index (χ1n) is 5.72. The molecule has 15 heavy (non-hydrogen) atoms. The number of nitrogens with zero attached hydrogens (tertiary/aromatic N) is 1. The van der Waals surface area contributed by atoms with E-state index in [-0.39, 0.29) is 18.6 Å². The summed E-state index contributed by atoms with van der Waals surface area (Å²) in [6.07, 6.45) is 4.54. The second-order valence-corrected chi connectivity index (χ2v) is 4.50. The molecule has 0 aromatic heterocycles. The Balaban J connectivity index is 2.02. The van der Waals surface area contributed by atoms with E-state index in [2.05, 4.69) is 4.90 Å². The Morgan fingerprint density at radius 1 is 1.47 bits per heavy atom. The van der Waals surface area contributed by atoms with Crippen LogP contribution in [0.15, 0.2) is 0 Å². The van der Waals surface area contributed by atoms with Crippen molar-refractivity contribution in [2.45, 2.75) is 37.8 Å². The summed E-state index contributed by atoms with van der Waals surface area (Å²) < 4.78 is 4.86. The van der Waals surface area contributed by atoms with Crippen molar-refractivity contribution >= 4 is 5.97 Å². The van der Waals surface area contributed by atoms with Gasteiger partial charge in [-0.3, -0.25) is 9.69 Å². The van der Waals surface area contributed by atoms with Crippen molar-refractivity contribution in [1.29, 1.82) is 0 Å². The highest BCUT2D eigenvalue weighted by atomic mass is 16.5. The zero-order valence-electron chi connectivity index (χ0n) is 9.19. The third-order valence-electron chi connectivity index (χ3n) is 3.24. The van der Waals surface area contributed by atoms with Crippen molar-refractivity contribution in [3.63, 3.8) is 0 Å². The lowest BCUT2D eigenvalue weighted by molar-refractivity contribution is -0.148. The highest BCUT2D eigenvalue weighted by molar-refractivity contribution is 5.76. The number of hydrogen-bond donors (Lipinski definition) is 1.